The number of allylic oxidation sites excluding steroid dienone is 2. The maximum atomic E-state index is 12.6. The molecule has 3 fully saturated rings. The fourth-order valence-electron chi connectivity index (χ4n) is 9.29. The molecule has 33 heavy (non-hydrogen) atoms. The summed E-state index contributed by atoms with van der Waals surface area (Å²) in [6, 6.07) is 2.16. The van der Waals surface area contributed by atoms with Crippen LogP contribution < -0.4 is 0 Å². The Kier molecular flexibility index (Phi) is 5.19. The minimum absolute atomic E-state index is 0.0145. The highest BCUT2D eigenvalue weighted by Crippen LogP contribution is 2.74. The second kappa shape index (κ2) is 7.33. The Hall–Kier alpha value is -1.35. The molecule has 1 heterocycles. The number of nitrogens with one attached hydrogen (secondary N) is 1. The first-order chi connectivity index (χ1) is 15.4. The van der Waals surface area contributed by atoms with Crippen molar-refractivity contribution in [2.24, 2.45) is 39.4 Å². The van der Waals surface area contributed by atoms with Crippen molar-refractivity contribution in [2.45, 2.75) is 105 Å². The van der Waals surface area contributed by atoms with E-state index in [-0.39, 0.29) is 34.1 Å². The molecule has 0 aliphatic heterocycles. The van der Waals surface area contributed by atoms with Crippen molar-refractivity contribution >= 4 is 5.78 Å². The molecule has 2 N–H and O–H groups in total. The minimum Gasteiger partial charge on any atom is -0.393 e. The third-order valence-electron chi connectivity index (χ3n) is 11.7. The molecule has 0 saturated heterocycles. The average molecular weight is 452 g/mol. The van der Waals surface area contributed by atoms with Crippen LogP contribution in [0.3, 0.4) is 0 Å². The maximum absolute atomic E-state index is 12.6. The molecule has 7 unspecified atom stereocenters. The van der Waals surface area contributed by atoms with Crippen molar-refractivity contribution < 1.29 is 9.90 Å². The summed E-state index contributed by atoms with van der Waals surface area (Å²) in [6.45, 7) is 16.2. The van der Waals surface area contributed by atoms with E-state index >= 15 is 0 Å². The topological polar surface area (TPSA) is 53.1 Å². The lowest BCUT2D eigenvalue weighted by Gasteiger charge is -2.64. The largest absolute Gasteiger partial charge is 0.393 e. The molecule has 5 rings (SSSR count). The molecule has 3 heteroatoms. The zero-order valence-corrected chi connectivity index (χ0v) is 21.9. The van der Waals surface area contributed by atoms with Gasteiger partial charge in [0, 0.05) is 12.1 Å². The zero-order valence-electron chi connectivity index (χ0n) is 21.9. The highest BCUT2D eigenvalue weighted by atomic mass is 16.3. The molecule has 182 valence electrons. The summed E-state index contributed by atoms with van der Waals surface area (Å²) >= 11 is 0. The van der Waals surface area contributed by atoms with Crippen LogP contribution in [-0.4, -0.2) is 22.0 Å². The summed E-state index contributed by atoms with van der Waals surface area (Å²) in [5, 5.41) is 10.8. The molecule has 4 aliphatic carbocycles. The Morgan fingerprint density at radius 3 is 2.42 bits per heavy atom. The van der Waals surface area contributed by atoms with Gasteiger partial charge in [-0.2, -0.15) is 0 Å². The second-order valence-corrected chi connectivity index (χ2v) is 13.6. The number of hydrogen-bond acceptors (Lipinski definition) is 2. The third-order valence-corrected chi connectivity index (χ3v) is 11.7. The number of carbonyl (C=O) groups is 1. The van der Waals surface area contributed by atoms with Crippen LogP contribution in [0.5, 0.6) is 0 Å². The number of rotatable bonds is 3. The van der Waals surface area contributed by atoms with Crippen LogP contribution in [0.1, 0.15) is 115 Å². The molecule has 3 nitrogen and oxygen atoms in total. The van der Waals surface area contributed by atoms with Gasteiger partial charge in [-0.05, 0) is 96.0 Å². The molecule has 3 saturated carbocycles. The Morgan fingerprint density at radius 2 is 1.73 bits per heavy atom. The Morgan fingerprint density at radius 1 is 1.03 bits per heavy atom. The number of ketones is 1. The van der Waals surface area contributed by atoms with Crippen LogP contribution in [0.4, 0.5) is 0 Å². The molecule has 0 aromatic carbocycles. The third kappa shape index (κ3) is 3.00. The molecule has 0 spiro atoms. The lowest BCUT2D eigenvalue weighted by Crippen LogP contribution is -2.57. The van der Waals surface area contributed by atoms with Crippen molar-refractivity contribution in [2.75, 3.05) is 0 Å². The van der Waals surface area contributed by atoms with Gasteiger partial charge < -0.3 is 10.1 Å². The van der Waals surface area contributed by atoms with Gasteiger partial charge in [0.1, 0.15) is 0 Å². The minimum atomic E-state index is -0.179. The Bertz CT molecular complexity index is 985. The van der Waals surface area contributed by atoms with Gasteiger partial charge in [-0.1, -0.05) is 60.1 Å². The van der Waals surface area contributed by atoms with E-state index in [9.17, 15) is 9.90 Å². The van der Waals surface area contributed by atoms with Crippen LogP contribution in [0, 0.1) is 39.4 Å². The Labute approximate surface area is 200 Å². The van der Waals surface area contributed by atoms with Crippen LogP contribution in [-0.2, 0) is 0 Å². The van der Waals surface area contributed by atoms with Gasteiger partial charge in [0.05, 0.1) is 11.8 Å². The molecule has 4 aliphatic rings. The molecular formula is C30H45NO2. The van der Waals surface area contributed by atoms with Crippen LogP contribution >= 0.6 is 0 Å². The van der Waals surface area contributed by atoms with Crippen LogP contribution in [0.15, 0.2) is 23.9 Å². The first kappa shape index (κ1) is 23.4. The number of aromatic amines is 1. The normalized spacial score (nSPS) is 44.1. The number of carbonyl (C=O) groups excluding carboxylic acids is 1. The molecule has 1 aromatic heterocycles. The van der Waals surface area contributed by atoms with E-state index in [2.05, 4.69) is 57.9 Å². The van der Waals surface area contributed by atoms with E-state index in [4.69, 9.17) is 0 Å². The number of aliphatic hydroxyl groups excluding tert-OH is 1. The zero-order chi connectivity index (χ0) is 24.0. The molecule has 1 aromatic rings. The monoisotopic (exact) mass is 451 g/mol. The summed E-state index contributed by atoms with van der Waals surface area (Å²) < 4.78 is 0. The highest BCUT2D eigenvalue weighted by Gasteiger charge is 2.65. The quantitative estimate of drug-likeness (QED) is 0.374. The van der Waals surface area contributed by atoms with Crippen molar-refractivity contribution in [3.63, 3.8) is 0 Å². The Balaban J connectivity index is 1.50. The van der Waals surface area contributed by atoms with Gasteiger partial charge in [-0.3, -0.25) is 4.79 Å². The van der Waals surface area contributed by atoms with Gasteiger partial charge >= 0.3 is 0 Å². The summed E-state index contributed by atoms with van der Waals surface area (Å²) in [4.78, 5) is 15.9. The van der Waals surface area contributed by atoms with Crippen LogP contribution in [0.25, 0.3) is 0 Å². The van der Waals surface area contributed by atoms with Gasteiger partial charge in [-0.15, -0.1) is 0 Å². The average Bonchev–Trinajstić information content (AvgIpc) is 3.33. The molecule has 0 radical (unpaired) electrons. The van der Waals surface area contributed by atoms with Gasteiger partial charge in [0.25, 0.3) is 0 Å². The van der Waals surface area contributed by atoms with Crippen molar-refractivity contribution in [3.05, 3.63) is 35.2 Å². The summed E-state index contributed by atoms with van der Waals surface area (Å²) in [6.07, 6.45) is 12.7. The number of fused-ring (bicyclic) bond motifs is 5. The SMILES string of the molecule is CC(C)C(=O)c1cc(C2CCC3(C)C4=CCC5C(C)(C)C(O)CCC5(C)C4CCC23C)c[nH]1. The fourth-order valence-corrected chi connectivity index (χ4v) is 9.29. The fraction of sp³-hybridized carbons (Fsp3) is 0.767. The smallest absolute Gasteiger partial charge is 0.181 e. The van der Waals surface area contributed by atoms with Gasteiger partial charge in [0.15, 0.2) is 5.78 Å². The predicted molar refractivity (Wildman–Crippen MR) is 134 cm³/mol. The highest BCUT2D eigenvalue weighted by molar-refractivity contribution is 5.96. The number of Topliss-reactive ketones (excluding diaryl/α,β-unsaturated/α-hetero) is 1. The van der Waals surface area contributed by atoms with Crippen molar-refractivity contribution in [3.8, 4) is 0 Å². The number of aromatic nitrogens is 1. The second-order valence-electron chi connectivity index (χ2n) is 13.6. The van der Waals surface area contributed by atoms with E-state index in [1.54, 1.807) is 5.57 Å². The molecule has 0 amide bonds. The standard InChI is InChI=1S/C30H45NO2/c1-18(2)26(33)23-16-19(17-31-23)20-10-14-30(7)22-8-9-24-27(3,4)25(32)12-13-28(24,5)21(22)11-15-29(20,30)6/h8,16-18,20-21,24-25,31-32H,9-15H2,1-7H3. The lowest BCUT2D eigenvalue weighted by molar-refractivity contribution is -0.129. The van der Waals surface area contributed by atoms with E-state index in [1.807, 2.05) is 13.8 Å². The van der Waals surface area contributed by atoms with E-state index in [1.165, 1.54) is 31.2 Å². The number of aliphatic hydroxyl groups is 1. The first-order valence-corrected chi connectivity index (χ1v) is 13.5. The summed E-state index contributed by atoms with van der Waals surface area (Å²) in [5.41, 5.74) is 4.57. The first-order valence-electron chi connectivity index (χ1n) is 13.5. The van der Waals surface area contributed by atoms with Crippen molar-refractivity contribution in [1.82, 2.24) is 4.98 Å². The maximum Gasteiger partial charge on any atom is 0.181 e. The lowest BCUT2D eigenvalue weighted by atomic mass is 9.41. The predicted octanol–water partition coefficient (Wildman–Crippen LogP) is 7.29. The van der Waals surface area contributed by atoms with E-state index < -0.39 is 0 Å². The van der Waals surface area contributed by atoms with Crippen molar-refractivity contribution in [1.29, 1.82) is 0 Å². The molecule has 0 bridgehead atoms. The van der Waals surface area contributed by atoms with Gasteiger partial charge in [-0.25, -0.2) is 0 Å². The molecular weight excluding hydrogens is 406 g/mol. The van der Waals surface area contributed by atoms with Gasteiger partial charge in [0.2, 0.25) is 0 Å². The number of H-pyrrole nitrogens is 1. The summed E-state index contributed by atoms with van der Waals surface area (Å²) in [5.74, 6) is 1.94. The summed E-state index contributed by atoms with van der Waals surface area (Å²) in [7, 11) is 0. The van der Waals surface area contributed by atoms with E-state index in [0.717, 1.165) is 25.0 Å². The number of hydrogen-bond donors (Lipinski definition) is 2. The van der Waals surface area contributed by atoms with Crippen LogP contribution in [0.2, 0.25) is 0 Å². The molecule has 7 atom stereocenters. The van der Waals surface area contributed by atoms with E-state index in [0.29, 0.717) is 23.2 Å².